The standard InChI is InChI=1S/C21H22N2O9/c1-19(23)14-13(26)11-9(12(25)8-6(20(11,2)31)4-3-5-7(8)24)16(28)21(14,32)17(29)10(15(19)27)18(22)30/h3-5,11,13-14,24-27,31-32H,23H2,1-2H3,(H2,22,30)/t11?,13?,14?,19-,20?,21?/m0/s1. The molecule has 10 N–H and O–H groups in total. The van der Waals surface area contributed by atoms with Crippen molar-refractivity contribution in [1.29, 1.82) is 0 Å². The predicted octanol–water partition coefficient (Wildman–Crippen LogP) is -1.61. The van der Waals surface area contributed by atoms with Crippen molar-refractivity contribution in [2.45, 2.75) is 36.7 Å². The van der Waals surface area contributed by atoms with Crippen LogP contribution in [0.15, 0.2) is 35.1 Å². The molecule has 11 heteroatoms. The molecule has 5 unspecified atom stereocenters. The lowest BCUT2D eigenvalue weighted by Gasteiger charge is -2.56. The summed E-state index contributed by atoms with van der Waals surface area (Å²) >= 11 is 0. The number of aliphatic hydroxyl groups is 5. The number of hydrogen-bond donors (Lipinski definition) is 8. The fourth-order valence-corrected chi connectivity index (χ4v) is 5.46. The van der Waals surface area contributed by atoms with Gasteiger partial charge in [-0.25, -0.2) is 0 Å². The lowest BCUT2D eigenvalue weighted by Crippen LogP contribution is -2.76. The molecule has 6 atom stereocenters. The van der Waals surface area contributed by atoms with Crippen LogP contribution >= 0.6 is 0 Å². The van der Waals surface area contributed by atoms with E-state index in [0.29, 0.717) is 0 Å². The van der Waals surface area contributed by atoms with Crippen molar-refractivity contribution in [2.24, 2.45) is 23.3 Å². The summed E-state index contributed by atoms with van der Waals surface area (Å²) < 4.78 is 0. The van der Waals surface area contributed by atoms with Gasteiger partial charge in [0, 0.05) is 0 Å². The molecule has 0 bridgehead atoms. The number of aliphatic hydroxyl groups excluding tert-OH is 3. The van der Waals surface area contributed by atoms with Crippen LogP contribution < -0.4 is 11.5 Å². The van der Waals surface area contributed by atoms with E-state index in [0.717, 1.165) is 6.92 Å². The summed E-state index contributed by atoms with van der Waals surface area (Å²) in [5.41, 5.74) is 1.60. The minimum absolute atomic E-state index is 0.0283. The molecule has 1 fully saturated rings. The summed E-state index contributed by atoms with van der Waals surface area (Å²) in [7, 11) is 0. The molecule has 0 heterocycles. The second kappa shape index (κ2) is 6.17. The number of primary amides is 1. The van der Waals surface area contributed by atoms with Gasteiger partial charge in [-0.3, -0.25) is 14.4 Å². The van der Waals surface area contributed by atoms with Gasteiger partial charge in [0.25, 0.3) is 5.91 Å². The number of carbonyl (C=O) groups is 3. The Kier molecular flexibility index (Phi) is 4.23. The van der Waals surface area contributed by atoms with Gasteiger partial charge < -0.3 is 42.1 Å². The topological polar surface area (TPSA) is 225 Å². The zero-order chi connectivity index (χ0) is 24.1. The Balaban J connectivity index is 2.10. The van der Waals surface area contributed by atoms with Gasteiger partial charge in [-0.1, -0.05) is 12.1 Å². The maximum absolute atomic E-state index is 13.5. The number of aromatic hydroxyl groups is 1. The molecule has 32 heavy (non-hydrogen) atoms. The van der Waals surface area contributed by atoms with E-state index in [4.69, 9.17) is 11.5 Å². The molecule has 11 nitrogen and oxygen atoms in total. The van der Waals surface area contributed by atoms with Crippen molar-refractivity contribution in [3.05, 3.63) is 46.2 Å². The first kappa shape index (κ1) is 22.0. The second-order valence-corrected chi connectivity index (χ2v) is 8.85. The fourth-order valence-electron chi connectivity index (χ4n) is 5.46. The summed E-state index contributed by atoms with van der Waals surface area (Å²) in [6.07, 6.45) is -1.98. The fraction of sp³-hybridized carbons (Fsp3) is 0.381. The average molecular weight is 446 g/mol. The Morgan fingerprint density at radius 3 is 2.22 bits per heavy atom. The number of fused-ring (bicyclic) bond motifs is 3. The number of nitrogens with two attached hydrogens (primary N) is 2. The molecule has 1 aromatic carbocycles. The van der Waals surface area contributed by atoms with Crippen molar-refractivity contribution in [3.8, 4) is 5.75 Å². The maximum atomic E-state index is 13.5. The number of carbonyl (C=O) groups excluding carboxylic acids is 3. The van der Waals surface area contributed by atoms with Crippen LogP contribution in [0.2, 0.25) is 0 Å². The number of phenols is 1. The van der Waals surface area contributed by atoms with Crippen LogP contribution in [0.4, 0.5) is 0 Å². The molecule has 1 saturated carbocycles. The smallest absolute Gasteiger partial charge is 0.255 e. The summed E-state index contributed by atoms with van der Waals surface area (Å²) in [6, 6.07) is 3.91. The van der Waals surface area contributed by atoms with Crippen LogP contribution in [-0.4, -0.2) is 65.4 Å². The molecule has 3 aliphatic carbocycles. The van der Waals surface area contributed by atoms with Crippen LogP contribution in [0.25, 0.3) is 5.76 Å². The summed E-state index contributed by atoms with van der Waals surface area (Å²) in [6.45, 7) is 2.29. The minimum atomic E-state index is -3.20. The van der Waals surface area contributed by atoms with Crippen molar-refractivity contribution in [1.82, 2.24) is 0 Å². The van der Waals surface area contributed by atoms with Crippen molar-refractivity contribution >= 4 is 23.2 Å². The molecule has 0 aliphatic heterocycles. The molecule has 1 aromatic rings. The van der Waals surface area contributed by atoms with E-state index in [1.165, 1.54) is 25.1 Å². The van der Waals surface area contributed by atoms with Gasteiger partial charge >= 0.3 is 0 Å². The molecule has 0 radical (unpaired) electrons. The molecule has 1 amide bonds. The van der Waals surface area contributed by atoms with Gasteiger partial charge in [-0.2, -0.15) is 0 Å². The first-order valence-electron chi connectivity index (χ1n) is 9.63. The maximum Gasteiger partial charge on any atom is 0.255 e. The van der Waals surface area contributed by atoms with E-state index in [-0.39, 0.29) is 11.1 Å². The minimum Gasteiger partial charge on any atom is -0.509 e. The largest absolute Gasteiger partial charge is 0.509 e. The molecule has 0 aromatic heterocycles. The third kappa shape index (κ3) is 2.25. The predicted molar refractivity (Wildman–Crippen MR) is 107 cm³/mol. The highest BCUT2D eigenvalue weighted by atomic mass is 16.3. The van der Waals surface area contributed by atoms with Crippen LogP contribution in [0.3, 0.4) is 0 Å². The number of amides is 1. The van der Waals surface area contributed by atoms with E-state index in [2.05, 4.69) is 0 Å². The SMILES string of the molecule is CC1(O)c2cccc(O)c2C(O)=C2C(=O)C3(O)C(=O)C(C(N)=O)=C(O)[C@@](C)(N)C3C(O)C21. The van der Waals surface area contributed by atoms with Crippen LogP contribution in [0.5, 0.6) is 5.75 Å². The number of ketones is 2. The summed E-state index contributed by atoms with van der Waals surface area (Å²) in [5, 5.41) is 65.6. The lowest BCUT2D eigenvalue weighted by atomic mass is 9.50. The van der Waals surface area contributed by atoms with Crippen molar-refractivity contribution < 1.29 is 45.0 Å². The van der Waals surface area contributed by atoms with E-state index in [1.54, 1.807) is 0 Å². The molecular weight excluding hydrogens is 424 g/mol. The molecule has 3 aliphatic rings. The van der Waals surface area contributed by atoms with Crippen LogP contribution in [0.1, 0.15) is 25.0 Å². The highest BCUT2D eigenvalue weighted by Gasteiger charge is 2.72. The Morgan fingerprint density at radius 1 is 1.06 bits per heavy atom. The van der Waals surface area contributed by atoms with Gasteiger partial charge in [-0.15, -0.1) is 0 Å². The number of hydrogen-bond acceptors (Lipinski definition) is 10. The number of Topliss-reactive ketones (excluding diaryl/α,β-unsaturated/α-hetero) is 2. The van der Waals surface area contributed by atoms with Crippen molar-refractivity contribution in [3.63, 3.8) is 0 Å². The highest BCUT2D eigenvalue weighted by Crippen LogP contribution is 2.57. The van der Waals surface area contributed by atoms with Crippen LogP contribution in [0, 0.1) is 11.8 Å². The van der Waals surface area contributed by atoms with Gasteiger partial charge in [0.15, 0.2) is 5.60 Å². The Labute approximate surface area is 180 Å². The zero-order valence-electron chi connectivity index (χ0n) is 17.0. The number of phenolic OH excluding ortho intramolecular Hbond substituents is 1. The number of rotatable bonds is 1. The van der Waals surface area contributed by atoms with E-state index >= 15 is 0 Å². The quantitative estimate of drug-likeness (QED) is 0.182. The van der Waals surface area contributed by atoms with Crippen LogP contribution in [-0.2, 0) is 20.0 Å². The van der Waals surface area contributed by atoms with Gasteiger partial charge in [0.1, 0.15) is 22.8 Å². The van der Waals surface area contributed by atoms with E-state index in [9.17, 15) is 45.0 Å². The molecule has 4 rings (SSSR count). The highest BCUT2D eigenvalue weighted by molar-refractivity contribution is 6.33. The lowest BCUT2D eigenvalue weighted by molar-refractivity contribution is -0.186. The summed E-state index contributed by atoms with van der Waals surface area (Å²) in [4.78, 5) is 38.4. The first-order valence-corrected chi connectivity index (χ1v) is 9.63. The normalized spacial score (nSPS) is 38.9. The Bertz CT molecular complexity index is 1180. The van der Waals surface area contributed by atoms with Gasteiger partial charge in [0.05, 0.1) is 40.2 Å². The van der Waals surface area contributed by atoms with E-state index in [1.807, 2.05) is 0 Å². The van der Waals surface area contributed by atoms with Gasteiger partial charge in [0.2, 0.25) is 11.6 Å². The van der Waals surface area contributed by atoms with Gasteiger partial charge in [-0.05, 0) is 25.5 Å². The average Bonchev–Trinajstić information content (AvgIpc) is 2.67. The Morgan fingerprint density at radius 2 is 1.66 bits per heavy atom. The van der Waals surface area contributed by atoms with Crippen molar-refractivity contribution in [2.75, 3.05) is 0 Å². The third-order valence-electron chi connectivity index (χ3n) is 6.93. The molecule has 0 saturated heterocycles. The Hall–Kier alpha value is -3.25. The zero-order valence-corrected chi connectivity index (χ0v) is 17.0. The first-order chi connectivity index (χ1) is 14.6. The molecule has 0 spiro atoms. The second-order valence-electron chi connectivity index (χ2n) is 8.85. The molecular formula is C21H22N2O9. The molecule has 170 valence electrons. The summed E-state index contributed by atoms with van der Waals surface area (Å²) in [5.74, 6) is -10.4. The van der Waals surface area contributed by atoms with E-state index < -0.39 is 80.6 Å². The number of benzene rings is 1. The third-order valence-corrected chi connectivity index (χ3v) is 6.93. The monoisotopic (exact) mass is 446 g/mol.